The summed E-state index contributed by atoms with van der Waals surface area (Å²) >= 11 is 0. The number of rotatable bonds is 0. The van der Waals surface area contributed by atoms with Crippen molar-refractivity contribution in [2.45, 2.75) is 51.4 Å². The van der Waals surface area contributed by atoms with Crippen molar-refractivity contribution in [2.75, 3.05) is 0 Å². The molecule has 6 aliphatic rings. The fraction of sp³-hybridized carbons (Fsp3) is 0.889. The van der Waals surface area contributed by atoms with E-state index in [9.17, 15) is 0 Å². The second-order valence-electron chi connectivity index (χ2n) is 8.41. The topological polar surface area (TPSA) is 0 Å². The van der Waals surface area contributed by atoms with Crippen molar-refractivity contribution < 1.29 is 0 Å². The Labute approximate surface area is 110 Å². The predicted octanol–water partition coefficient (Wildman–Crippen LogP) is 4.42. The Kier molecular flexibility index (Phi) is 1.56. The summed E-state index contributed by atoms with van der Waals surface area (Å²) in [5.74, 6) is 9.12. The Hall–Kier alpha value is -0.260. The molecule has 4 bridgehead atoms. The minimum Gasteiger partial charge on any atom is -0.0670 e. The molecule has 0 radical (unpaired) electrons. The molecule has 8 unspecified atom stereocenters. The zero-order valence-electron chi connectivity index (χ0n) is 11.3. The molecule has 4 fully saturated rings. The predicted molar refractivity (Wildman–Crippen MR) is 71.9 cm³/mol. The highest BCUT2D eigenvalue weighted by Gasteiger charge is 2.64. The highest BCUT2D eigenvalue weighted by Crippen LogP contribution is 2.73. The lowest BCUT2D eigenvalue weighted by molar-refractivity contribution is 0.141. The molecule has 6 rings (SSSR count). The van der Waals surface area contributed by atoms with Crippen LogP contribution in [0.2, 0.25) is 0 Å². The summed E-state index contributed by atoms with van der Waals surface area (Å²) in [4.78, 5) is 0. The molecule has 0 spiro atoms. The van der Waals surface area contributed by atoms with Crippen LogP contribution in [0, 0.1) is 47.3 Å². The molecule has 96 valence electrons. The fourth-order valence-electron chi connectivity index (χ4n) is 7.93. The largest absolute Gasteiger partial charge is 0.0670 e. The zero-order valence-corrected chi connectivity index (χ0v) is 11.3. The third-order valence-electron chi connectivity index (χ3n) is 8.29. The average Bonchev–Trinajstić information content (AvgIpc) is 2.91. The van der Waals surface area contributed by atoms with Gasteiger partial charge in [0.25, 0.3) is 0 Å². The van der Waals surface area contributed by atoms with Gasteiger partial charge in [0.2, 0.25) is 0 Å². The Balaban J connectivity index is 1.58. The number of allylic oxidation sites excluding steroid dienone is 2. The lowest BCUT2D eigenvalue weighted by Gasteiger charge is -2.49. The molecule has 6 aliphatic carbocycles. The Morgan fingerprint density at radius 3 is 2.67 bits per heavy atom. The third-order valence-corrected chi connectivity index (χ3v) is 8.29. The van der Waals surface area contributed by atoms with E-state index in [0.29, 0.717) is 0 Å². The summed E-state index contributed by atoms with van der Waals surface area (Å²) in [6, 6.07) is 0. The molecule has 0 aromatic carbocycles. The van der Waals surface area contributed by atoms with E-state index in [1.807, 2.05) is 5.57 Å². The highest BCUT2D eigenvalue weighted by atomic mass is 14.7. The van der Waals surface area contributed by atoms with Crippen LogP contribution in [-0.2, 0) is 0 Å². The van der Waals surface area contributed by atoms with Crippen molar-refractivity contribution in [1.29, 1.82) is 0 Å². The van der Waals surface area contributed by atoms with Gasteiger partial charge in [-0.25, -0.2) is 0 Å². The van der Waals surface area contributed by atoms with Crippen LogP contribution >= 0.6 is 0 Å². The Morgan fingerprint density at radius 1 is 0.722 bits per heavy atom. The second-order valence-corrected chi connectivity index (χ2v) is 8.41. The average molecular weight is 240 g/mol. The SMILES string of the molecule is C1CC2CC(C1)C1CC3C4CCC5=C4C3C1CC52. The van der Waals surface area contributed by atoms with Gasteiger partial charge in [-0.05, 0) is 85.9 Å². The first-order valence-electron chi connectivity index (χ1n) is 8.64. The first-order chi connectivity index (χ1) is 8.92. The van der Waals surface area contributed by atoms with Gasteiger partial charge in [-0.15, -0.1) is 0 Å². The van der Waals surface area contributed by atoms with E-state index in [1.165, 1.54) is 24.2 Å². The van der Waals surface area contributed by atoms with Crippen LogP contribution in [0.25, 0.3) is 0 Å². The molecule has 0 nitrogen and oxygen atoms in total. The molecule has 0 amide bonds. The fourth-order valence-corrected chi connectivity index (χ4v) is 7.93. The van der Waals surface area contributed by atoms with Crippen LogP contribution in [0.15, 0.2) is 11.1 Å². The lowest BCUT2D eigenvalue weighted by atomic mass is 9.56. The minimum absolute atomic E-state index is 1.08. The molecule has 0 heteroatoms. The van der Waals surface area contributed by atoms with Crippen molar-refractivity contribution >= 4 is 0 Å². The summed E-state index contributed by atoms with van der Waals surface area (Å²) in [7, 11) is 0. The Bertz CT molecular complexity index is 459. The first kappa shape index (κ1) is 9.61. The molecule has 0 heterocycles. The molecule has 0 aliphatic heterocycles. The molecule has 0 aromatic rings. The summed E-state index contributed by atoms with van der Waals surface area (Å²) in [6.07, 6.45) is 12.8. The van der Waals surface area contributed by atoms with Gasteiger partial charge in [0, 0.05) is 0 Å². The summed E-state index contributed by atoms with van der Waals surface area (Å²) in [5, 5.41) is 0. The quantitative estimate of drug-likeness (QED) is 0.550. The maximum Gasteiger partial charge on any atom is -0.0132 e. The van der Waals surface area contributed by atoms with E-state index in [-0.39, 0.29) is 0 Å². The summed E-state index contributed by atoms with van der Waals surface area (Å²) in [5.41, 5.74) is 4.13. The number of hydrogen-bond donors (Lipinski definition) is 0. The number of hydrogen-bond acceptors (Lipinski definition) is 0. The zero-order chi connectivity index (χ0) is 11.4. The standard InChI is InChI=1S/C18H24/c1-2-9-6-10(3-1)14-8-15-12-5-4-11-13(9)7-16(14)18(15)17(11)12/h9-10,12-16,18H,1-8H2. The molecule has 18 heavy (non-hydrogen) atoms. The van der Waals surface area contributed by atoms with Crippen molar-refractivity contribution in [3.05, 3.63) is 11.1 Å². The molecule has 0 saturated heterocycles. The van der Waals surface area contributed by atoms with Crippen LogP contribution in [-0.4, -0.2) is 0 Å². The number of fused-ring (bicyclic) bond motifs is 7. The molecule has 4 saturated carbocycles. The minimum atomic E-state index is 1.08. The van der Waals surface area contributed by atoms with E-state index >= 15 is 0 Å². The van der Waals surface area contributed by atoms with Crippen LogP contribution in [0.4, 0.5) is 0 Å². The van der Waals surface area contributed by atoms with E-state index in [4.69, 9.17) is 0 Å². The van der Waals surface area contributed by atoms with Crippen LogP contribution in [0.3, 0.4) is 0 Å². The van der Waals surface area contributed by atoms with E-state index in [1.54, 1.807) is 44.9 Å². The van der Waals surface area contributed by atoms with Gasteiger partial charge in [0.05, 0.1) is 0 Å². The second kappa shape index (κ2) is 2.91. The van der Waals surface area contributed by atoms with Crippen LogP contribution < -0.4 is 0 Å². The molecular formula is C18H24. The van der Waals surface area contributed by atoms with Crippen molar-refractivity contribution in [1.82, 2.24) is 0 Å². The van der Waals surface area contributed by atoms with E-state index in [0.717, 1.165) is 29.6 Å². The van der Waals surface area contributed by atoms with Crippen LogP contribution in [0.5, 0.6) is 0 Å². The summed E-state index contributed by atoms with van der Waals surface area (Å²) < 4.78 is 0. The maximum atomic E-state index is 2.08. The molecule has 0 aromatic heterocycles. The van der Waals surface area contributed by atoms with Crippen LogP contribution in [0.1, 0.15) is 51.4 Å². The van der Waals surface area contributed by atoms with Gasteiger partial charge < -0.3 is 0 Å². The Morgan fingerprint density at radius 2 is 1.67 bits per heavy atom. The van der Waals surface area contributed by atoms with Gasteiger partial charge in [-0.1, -0.05) is 24.0 Å². The van der Waals surface area contributed by atoms with E-state index < -0.39 is 0 Å². The van der Waals surface area contributed by atoms with Crippen molar-refractivity contribution in [3.8, 4) is 0 Å². The normalized spacial score (nSPS) is 62.7. The van der Waals surface area contributed by atoms with Crippen molar-refractivity contribution in [3.63, 3.8) is 0 Å². The van der Waals surface area contributed by atoms with Gasteiger partial charge in [0.1, 0.15) is 0 Å². The smallest absolute Gasteiger partial charge is 0.0132 e. The highest BCUT2D eigenvalue weighted by molar-refractivity contribution is 5.41. The monoisotopic (exact) mass is 240 g/mol. The van der Waals surface area contributed by atoms with E-state index in [2.05, 4.69) is 5.57 Å². The van der Waals surface area contributed by atoms with Gasteiger partial charge in [-0.3, -0.25) is 0 Å². The first-order valence-corrected chi connectivity index (χ1v) is 8.64. The van der Waals surface area contributed by atoms with Crippen molar-refractivity contribution in [2.24, 2.45) is 47.3 Å². The molecular weight excluding hydrogens is 216 g/mol. The lowest BCUT2D eigenvalue weighted by Crippen LogP contribution is -2.41. The molecule has 8 atom stereocenters. The molecule has 0 N–H and O–H groups in total. The van der Waals surface area contributed by atoms with Gasteiger partial charge in [0.15, 0.2) is 0 Å². The maximum absolute atomic E-state index is 2.08. The summed E-state index contributed by atoms with van der Waals surface area (Å²) in [6.45, 7) is 0. The van der Waals surface area contributed by atoms with Gasteiger partial charge >= 0.3 is 0 Å². The van der Waals surface area contributed by atoms with Gasteiger partial charge in [-0.2, -0.15) is 0 Å². The third kappa shape index (κ3) is 0.869.